The maximum atomic E-state index is 5.86. The van der Waals surface area contributed by atoms with Gasteiger partial charge in [-0.15, -0.1) is 11.3 Å². The van der Waals surface area contributed by atoms with Gasteiger partial charge in [-0.3, -0.25) is 0 Å². The number of thiazole rings is 1. The number of nitrogens with one attached hydrogen (secondary N) is 1. The molecule has 2 unspecified atom stereocenters. The van der Waals surface area contributed by atoms with E-state index >= 15 is 0 Å². The van der Waals surface area contributed by atoms with Gasteiger partial charge in [0.25, 0.3) is 0 Å². The van der Waals surface area contributed by atoms with Gasteiger partial charge in [0.15, 0.2) is 5.13 Å². The van der Waals surface area contributed by atoms with Crippen LogP contribution in [0, 0.1) is 0 Å². The Kier molecular flexibility index (Phi) is 4.88. The van der Waals surface area contributed by atoms with E-state index in [9.17, 15) is 0 Å². The average molecular weight is 297 g/mol. The van der Waals surface area contributed by atoms with E-state index in [0.29, 0.717) is 12.1 Å². The number of methoxy groups -OCH3 is 1. The van der Waals surface area contributed by atoms with Crippen LogP contribution in [0.4, 0.5) is 5.13 Å². The fraction of sp³-hybridized carbons (Fsp3) is 0.786. The molecular formula is C14H23N3O2S. The monoisotopic (exact) mass is 297 g/mol. The van der Waals surface area contributed by atoms with E-state index in [1.807, 2.05) is 6.20 Å². The fourth-order valence-electron chi connectivity index (χ4n) is 3.06. The second kappa shape index (κ2) is 6.85. The molecule has 2 atom stereocenters. The Bertz CT molecular complexity index is 426. The van der Waals surface area contributed by atoms with Gasteiger partial charge in [-0.2, -0.15) is 0 Å². The Morgan fingerprint density at radius 2 is 2.50 bits per heavy atom. The van der Waals surface area contributed by atoms with Gasteiger partial charge in [0.05, 0.1) is 25.4 Å². The summed E-state index contributed by atoms with van der Waals surface area (Å²) in [6, 6.07) is 0.546. The van der Waals surface area contributed by atoms with Crippen LogP contribution in [0.3, 0.4) is 0 Å². The maximum Gasteiger partial charge on any atom is 0.185 e. The zero-order valence-electron chi connectivity index (χ0n) is 12.0. The van der Waals surface area contributed by atoms with Crippen molar-refractivity contribution >= 4 is 16.5 Å². The van der Waals surface area contributed by atoms with Gasteiger partial charge in [-0.05, 0) is 19.3 Å². The summed E-state index contributed by atoms with van der Waals surface area (Å²) in [7, 11) is 1.73. The van der Waals surface area contributed by atoms with Gasteiger partial charge in [0.1, 0.15) is 0 Å². The van der Waals surface area contributed by atoms with Crippen LogP contribution in [0.25, 0.3) is 0 Å². The Morgan fingerprint density at radius 1 is 1.55 bits per heavy atom. The normalized spacial score (nSPS) is 25.9. The van der Waals surface area contributed by atoms with Crippen molar-refractivity contribution < 1.29 is 9.47 Å². The lowest BCUT2D eigenvalue weighted by Crippen LogP contribution is -2.48. The molecule has 3 rings (SSSR count). The molecule has 0 spiro atoms. The first-order chi connectivity index (χ1) is 9.88. The highest BCUT2D eigenvalue weighted by Gasteiger charge is 2.37. The zero-order valence-corrected chi connectivity index (χ0v) is 12.8. The Balaban J connectivity index is 1.58. The molecule has 1 N–H and O–H groups in total. The number of hydrogen-bond donors (Lipinski definition) is 1. The summed E-state index contributed by atoms with van der Waals surface area (Å²) in [6.45, 7) is 4.32. The number of ether oxygens (including phenoxy) is 2. The minimum Gasteiger partial charge on any atom is -0.383 e. The van der Waals surface area contributed by atoms with Gasteiger partial charge in [-0.25, -0.2) is 4.98 Å². The van der Waals surface area contributed by atoms with Crippen LogP contribution >= 0.6 is 11.3 Å². The molecule has 1 aliphatic heterocycles. The molecule has 5 nitrogen and oxygen atoms in total. The SMILES string of the molecule is COCCNCc1cnc(N2CCOC3CCCC32)s1. The first-order valence-electron chi connectivity index (χ1n) is 7.41. The van der Waals surface area contributed by atoms with Crippen molar-refractivity contribution in [3.63, 3.8) is 0 Å². The first-order valence-corrected chi connectivity index (χ1v) is 8.23. The van der Waals surface area contributed by atoms with Crippen molar-refractivity contribution in [2.24, 2.45) is 0 Å². The standard InChI is InChI=1S/C14H23N3O2S/c1-18-7-5-15-9-11-10-16-14(20-11)17-6-8-19-13-4-2-3-12(13)17/h10,12-13,15H,2-9H2,1H3. The Hall–Kier alpha value is -0.690. The molecule has 2 aliphatic rings. The van der Waals surface area contributed by atoms with Crippen LogP contribution in [-0.4, -0.2) is 50.5 Å². The lowest BCUT2D eigenvalue weighted by atomic mass is 10.1. The van der Waals surface area contributed by atoms with Crippen molar-refractivity contribution in [2.75, 3.05) is 38.3 Å². The number of fused-ring (bicyclic) bond motifs is 1. The summed E-state index contributed by atoms with van der Waals surface area (Å²) in [5, 5.41) is 4.53. The maximum absolute atomic E-state index is 5.86. The molecule has 0 bridgehead atoms. The van der Waals surface area contributed by atoms with Crippen molar-refractivity contribution in [3.05, 3.63) is 11.1 Å². The summed E-state index contributed by atoms with van der Waals surface area (Å²) in [5.74, 6) is 0. The van der Waals surface area contributed by atoms with E-state index in [-0.39, 0.29) is 0 Å². The highest BCUT2D eigenvalue weighted by atomic mass is 32.1. The summed E-state index contributed by atoms with van der Waals surface area (Å²) in [5.41, 5.74) is 0. The molecule has 2 heterocycles. The van der Waals surface area contributed by atoms with Crippen molar-refractivity contribution in [2.45, 2.75) is 38.0 Å². The number of nitrogens with zero attached hydrogens (tertiary/aromatic N) is 2. The molecule has 2 fully saturated rings. The van der Waals surface area contributed by atoms with Crippen LogP contribution in [-0.2, 0) is 16.0 Å². The number of hydrogen-bond acceptors (Lipinski definition) is 6. The van der Waals surface area contributed by atoms with Gasteiger partial charge in [-0.1, -0.05) is 0 Å². The fourth-order valence-corrected chi connectivity index (χ4v) is 4.02. The number of aromatic nitrogens is 1. The highest BCUT2D eigenvalue weighted by molar-refractivity contribution is 7.15. The lowest BCUT2D eigenvalue weighted by Gasteiger charge is -2.37. The van der Waals surface area contributed by atoms with E-state index in [4.69, 9.17) is 9.47 Å². The van der Waals surface area contributed by atoms with Gasteiger partial charge in [0, 0.05) is 37.8 Å². The molecule has 20 heavy (non-hydrogen) atoms. The minimum atomic E-state index is 0.427. The summed E-state index contributed by atoms with van der Waals surface area (Å²) in [6.07, 6.45) is 6.15. The average Bonchev–Trinajstić information content (AvgIpc) is 3.12. The van der Waals surface area contributed by atoms with Gasteiger partial charge < -0.3 is 19.7 Å². The third kappa shape index (κ3) is 3.14. The topological polar surface area (TPSA) is 46.6 Å². The molecular weight excluding hydrogens is 274 g/mol. The van der Waals surface area contributed by atoms with Crippen molar-refractivity contribution in [3.8, 4) is 0 Å². The Labute approximate surface area is 124 Å². The molecule has 6 heteroatoms. The second-order valence-electron chi connectivity index (χ2n) is 5.38. The molecule has 0 aromatic carbocycles. The third-order valence-electron chi connectivity index (χ3n) is 4.05. The minimum absolute atomic E-state index is 0.427. The molecule has 0 amide bonds. The molecule has 112 valence electrons. The van der Waals surface area contributed by atoms with Crippen LogP contribution in [0.5, 0.6) is 0 Å². The quantitative estimate of drug-likeness (QED) is 0.809. The predicted molar refractivity (Wildman–Crippen MR) is 80.4 cm³/mol. The van der Waals surface area contributed by atoms with Crippen LogP contribution < -0.4 is 10.2 Å². The second-order valence-corrected chi connectivity index (χ2v) is 6.47. The summed E-state index contributed by atoms with van der Waals surface area (Å²) >= 11 is 1.80. The molecule has 1 aromatic heterocycles. The third-order valence-corrected chi connectivity index (χ3v) is 5.09. The van der Waals surface area contributed by atoms with Crippen LogP contribution in [0.15, 0.2) is 6.20 Å². The number of anilines is 1. The largest absolute Gasteiger partial charge is 0.383 e. The van der Waals surface area contributed by atoms with E-state index in [1.165, 1.54) is 24.1 Å². The lowest BCUT2D eigenvalue weighted by molar-refractivity contribution is 0.0256. The number of rotatable bonds is 6. The molecule has 1 saturated carbocycles. The first kappa shape index (κ1) is 14.3. The van der Waals surface area contributed by atoms with Crippen molar-refractivity contribution in [1.29, 1.82) is 0 Å². The summed E-state index contributed by atoms with van der Waals surface area (Å²) in [4.78, 5) is 8.37. The van der Waals surface area contributed by atoms with Gasteiger partial charge in [0.2, 0.25) is 0 Å². The smallest absolute Gasteiger partial charge is 0.185 e. The molecule has 1 aliphatic carbocycles. The van der Waals surface area contributed by atoms with Crippen LogP contribution in [0.2, 0.25) is 0 Å². The van der Waals surface area contributed by atoms with Crippen LogP contribution in [0.1, 0.15) is 24.1 Å². The zero-order chi connectivity index (χ0) is 13.8. The van der Waals surface area contributed by atoms with E-state index in [0.717, 1.165) is 38.0 Å². The molecule has 0 radical (unpaired) electrons. The molecule has 1 saturated heterocycles. The van der Waals surface area contributed by atoms with E-state index in [1.54, 1.807) is 18.4 Å². The summed E-state index contributed by atoms with van der Waals surface area (Å²) < 4.78 is 10.9. The van der Waals surface area contributed by atoms with Gasteiger partial charge >= 0.3 is 0 Å². The predicted octanol–water partition coefficient (Wildman–Crippen LogP) is 1.64. The Morgan fingerprint density at radius 3 is 3.40 bits per heavy atom. The molecule has 1 aromatic rings. The highest BCUT2D eigenvalue weighted by Crippen LogP contribution is 2.34. The number of morpholine rings is 1. The van der Waals surface area contributed by atoms with E-state index in [2.05, 4.69) is 15.2 Å². The van der Waals surface area contributed by atoms with E-state index < -0.39 is 0 Å². The van der Waals surface area contributed by atoms with Crippen molar-refractivity contribution in [1.82, 2.24) is 10.3 Å².